The Morgan fingerprint density at radius 3 is 2.80 bits per heavy atom. The van der Waals surface area contributed by atoms with E-state index in [4.69, 9.17) is 15.2 Å². The lowest BCUT2D eigenvalue weighted by molar-refractivity contribution is 0.106. The van der Waals surface area contributed by atoms with E-state index < -0.39 is 0 Å². The van der Waals surface area contributed by atoms with E-state index in [9.17, 15) is 0 Å². The largest absolute Gasteiger partial charge is 0.492 e. The van der Waals surface area contributed by atoms with Crippen molar-refractivity contribution in [3.05, 3.63) is 29.8 Å². The number of nitrogens with two attached hydrogens (primary N) is 1. The first-order valence-corrected chi connectivity index (χ1v) is 6.99. The SMILES string of the molecule is COC1CCN(CCOc2ccc(C#CCN)cc2)C1. The standard InChI is InChI=1S/C16H22N2O2/c1-19-16-8-10-18(13-16)11-12-20-15-6-4-14(5-7-15)3-2-9-17/h4-7,16H,8-13,17H2,1H3. The van der Waals surface area contributed by atoms with Gasteiger partial charge in [0.25, 0.3) is 0 Å². The molecule has 0 spiro atoms. The van der Waals surface area contributed by atoms with Gasteiger partial charge < -0.3 is 15.2 Å². The lowest BCUT2D eigenvalue weighted by Gasteiger charge is -2.15. The molecule has 1 aromatic rings. The predicted molar refractivity (Wildman–Crippen MR) is 79.7 cm³/mol. The molecule has 0 bridgehead atoms. The summed E-state index contributed by atoms with van der Waals surface area (Å²) in [6, 6.07) is 7.80. The third-order valence-electron chi connectivity index (χ3n) is 3.43. The van der Waals surface area contributed by atoms with Crippen molar-refractivity contribution < 1.29 is 9.47 Å². The number of methoxy groups -OCH3 is 1. The van der Waals surface area contributed by atoms with E-state index in [0.717, 1.165) is 37.4 Å². The summed E-state index contributed by atoms with van der Waals surface area (Å²) in [5, 5.41) is 0. The van der Waals surface area contributed by atoms with Crippen molar-refractivity contribution >= 4 is 0 Å². The zero-order valence-electron chi connectivity index (χ0n) is 12.0. The summed E-state index contributed by atoms with van der Waals surface area (Å²) < 4.78 is 11.1. The minimum atomic E-state index is 0.385. The Morgan fingerprint density at radius 1 is 1.35 bits per heavy atom. The van der Waals surface area contributed by atoms with Gasteiger partial charge in [-0.15, -0.1) is 0 Å². The predicted octanol–water partition coefficient (Wildman–Crippen LogP) is 1.10. The van der Waals surface area contributed by atoms with Crippen molar-refractivity contribution in [2.75, 3.05) is 39.9 Å². The maximum Gasteiger partial charge on any atom is 0.119 e. The van der Waals surface area contributed by atoms with E-state index in [2.05, 4.69) is 16.7 Å². The van der Waals surface area contributed by atoms with Gasteiger partial charge >= 0.3 is 0 Å². The zero-order chi connectivity index (χ0) is 14.2. The topological polar surface area (TPSA) is 47.7 Å². The van der Waals surface area contributed by atoms with Gasteiger partial charge in [-0.05, 0) is 30.7 Å². The van der Waals surface area contributed by atoms with Crippen LogP contribution in [0.2, 0.25) is 0 Å². The molecule has 4 heteroatoms. The van der Waals surface area contributed by atoms with Gasteiger partial charge in [-0.1, -0.05) is 11.8 Å². The molecule has 1 aliphatic heterocycles. The van der Waals surface area contributed by atoms with Crippen molar-refractivity contribution in [3.63, 3.8) is 0 Å². The van der Waals surface area contributed by atoms with Crippen molar-refractivity contribution in [1.29, 1.82) is 0 Å². The molecule has 0 aromatic heterocycles. The Labute approximate surface area is 120 Å². The average molecular weight is 274 g/mol. The number of likely N-dealkylation sites (tertiary alicyclic amines) is 1. The first-order valence-electron chi connectivity index (χ1n) is 6.99. The molecule has 108 valence electrons. The highest BCUT2D eigenvalue weighted by Gasteiger charge is 2.21. The van der Waals surface area contributed by atoms with Gasteiger partial charge in [0.15, 0.2) is 0 Å². The van der Waals surface area contributed by atoms with Crippen molar-refractivity contribution in [2.24, 2.45) is 5.73 Å². The van der Waals surface area contributed by atoms with Crippen LogP contribution in [-0.2, 0) is 4.74 Å². The summed E-state index contributed by atoms with van der Waals surface area (Å²) in [6.07, 6.45) is 1.50. The second-order valence-corrected chi connectivity index (χ2v) is 4.83. The lowest BCUT2D eigenvalue weighted by Crippen LogP contribution is -2.27. The van der Waals surface area contributed by atoms with Gasteiger partial charge in [0.05, 0.1) is 12.6 Å². The summed E-state index contributed by atoms with van der Waals surface area (Å²) in [5.41, 5.74) is 6.30. The fourth-order valence-electron chi connectivity index (χ4n) is 2.27. The Morgan fingerprint density at radius 2 is 2.15 bits per heavy atom. The molecule has 1 atom stereocenters. The maximum atomic E-state index is 5.74. The zero-order valence-corrected chi connectivity index (χ0v) is 12.0. The molecule has 2 rings (SSSR count). The molecule has 1 fully saturated rings. The van der Waals surface area contributed by atoms with E-state index in [1.807, 2.05) is 24.3 Å². The molecule has 0 radical (unpaired) electrons. The van der Waals surface area contributed by atoms with Crippen LogP contribution < -0.4 is 10.5 Å². The van der Waals surface area contributed by atoms with E-state index in [1.165, 1.54) is 0 Å². The first kappa shape index (κ1) is 14.9. The van der Waals surface area contributed by atoms with Gasteiger partial charge in [-0.3, -0.25) is 4.90 Å². The molecule has 1 saturated heterocycles. The van der Waals surface area contributed by atoms with Crippen LogP contribution in [0.5, 0.6) is 5.75 Å². The molecule has 0 saturated carbocycles. The van der Waals surface area contributed by atoms with Crippen LogP contribution in [-0.4, -0.2) is 50.9 Å². The van der Waals surface area contributed by atoms with E-state index in [0.29, 0.717) is 19.3 Å². The Bertz CT molecular complexity index is 462. The van der Waals surface area contributed by atoms with Gasteiger partial charge in [0, 0.05) is 32.3 Å². The summed E-state index contributed by atoms with van der Waals surface area (Å²) in [5.74, 6) is 6.70. The molecule has 0 amide bonds. The van der Waals surface area contributed by atoms with Crippen LogP contribution in [0.4, 0.5) is 0 Å². The minimum absolute atomic E-state index is 0.385. The molecule has 1 aliphatic rings. The Kier molecular flexibility index (Phi) is 5.87. The lowest BCUT2D eigenvalue weighted by atomic mass is 10.2. The van der Waals surface area contributed by atoms with Crippen LogP contribution in [0.25, 0.3) is 0 Å². The normalized spacial score (nSPS) is 18.6. The Balaban J connectivity index is 1.72. The molecule has 1 unspecified atom stereocenters. The third-order valence-corrected chi connectivity index (χ3v) is 3.43. The summed E-state index contributed by atoms with van der Waals surface area (Å²) >= 11 is 0. The monoisotopic (exact) mass is 274 g/mol. The summed E-state index contributed by atoms with van der Waals surface area (Å²) in [6.45, 7) is 4.12. The van der Waals surface area contributed by atoms with Crippen molar-refractivity contribution in [3.8, 4) is 17.6 Å². The summed E-state index contributed by atoms with van der Waals surface area (Å²) in [4.78, 5) is 2.37. The summed E-state index contributed by atoms with van der Waals surface area (Å²) in [7, 11) is 1.78. The fourth-order valence-corrected chi connectivity index (χ4v) is 2.27. The molecule has 4 nitrogen and oxygen atoms in total. The highest BCUT2D eigenvalue weighted by molar-refractivity contribution is 5.38. The van der Waals surface area contributed by atoms with Crippen molar-refractivity contribution in [1.82, 2.24) is 4.90 Å². The number of benzene rings is 1. The third kappa shape index (κ3) is 4.53. The van der Waals surface area contributed by atoms with Crippen LogP contribution in [0.3, 0.4) is 0 Å². The number of rotatable bonds is 5. The molecule has 2 N–H and O–H groups in total. The van der Waals surface area contributed by atoms with Gasteiger partial charge in [0.2, 0.25) is 0 Å². The molecule has 20 heavy (non-hydrogen) atoms. The quantitative estimate of drug-likeness (QED) is 0.817. The van der Waals surface area contributed by atoms with E-state index >= 15 is 0 Å². The average Bonchev–Trinajstić information content (AvgIpc) is 2.94. The van der Waals surface area contributed by atoms with E-state index in [1.54, 1.807) is 7.11 Å². The van der Waals surface area contributed by atoms with Crippen LogP contribution >= 0.6 is 0 Å². The molecule has 1 aromatic carbocycles. The first-order chi connectivity index (χ1) is 9.81. The maximum absolute atomic E-state index is 5.74. The van der Waals surface area contributed by atoms with E-state index in [-0.39, 0.29) is 0 Å². The molecule has 0 aliphatic carbocycles. The van der Waals surface area contributed by atoms with Gasteiger partial charge in [-0.25, -0.2) is 0 Å². The minimum Gasteiger partial charge on any atom is -0.492 e. The second kappa shape index (κ2) is 7.91. The van der Waals surface area contributed by atoms with Crippen LogP contribution in [0.1, 0.15) is 12.0 Å². The molecular weight excluding hydrogens is 252 g/mol. The Hall–Kier alpha value is -1.54. The van der Waals surface area contributed by atoms with Crippen LogP contribution in [0, 0.1) is 11.8 Å². The number of ether oxygens (including phenoxy) is 2. The van der Waals surface area contributed by atoms with Gasteiger partial charge in [-0.2, -0.15) is 0 Å². The molecule has 1 heterocycles. The molecular formula is C16H22N2O2. The second-order valence-electron chi connectivity index (χ2n) is 4.83. The number of hydrogen-bond donors (Lipinski definition) is 1. The highest BCUT2D eigenvalue weighted by atomic mass is 16.5. The smallest absolute Gasteiger partial charge is 0.119 e. The van der Waals surface area contributed by atoms with Crippen LogP contribution in [0.15, 0.2) is 24.3 Å². The van der Waals surface area contributed by atoms with Gasteiger partial charge in [0.1, 0.15) is 12.4 Å². The number of hydrogen-bond acceptors (Lipinski definition) is 4. The number of nitrogens with zero attached hydrogens (tertiary/aromatic N) is 1. The fraction of sp³-hybridized carbons (Fsp3) is 0.500. The highest BCUT2D eigenvalue weighted by Crippen LogP contribution is 2.13. The van der Waals surface area contributed by atoms with Crippen molar-refractivity contribution in [2.45, 2.75) is 12.5 Å².